The molecule has 1 aliphatic rings. The summed E-state index contributed by atoms with van der Waals surface area (Å²) in [5.41, 5.74) is 1.91. The van der Waals surface area contributed by atoms with Crippen LogP contribution in [0, 0.1) is 5.92 Å². The summed E-state index contributed by atoms with van der Waals surface area (Å²) in [5, 5.41) is 3.66. The summed E-state index contributed by atoms with van der Waals surface area (Å²) in [6, 6.07) is 7.99. The molecular weight excluding hydrogens is 428 g/mol. The van der Waals surface area contributed by atoms with E-state index in [0.29, 0.717) is 17.0 Å². The number of nitrogens with zero attached hydrogens (tertiary/aromatic N) is 4. The third-order valence-corrected chi connectivity index (χ3v) is 6.99. The fraction of sp³-hybridized carbons (Fsp3) is 0.364. The number of esters is 1. The normalized spacial score (nSPS) is 19.7. The Morgan fingerprint density at radius 3 is 2.91 bits per heavy atom. The number of aromatic amines is 1. The van der Waals surface area contributed by atoms with Gasteiger partial charge in [0.15, 0.2) is 17.6 Å². The van der Waals surface area contributed by atoms with Gasteiger partial charge in [-0.2, -0.15) is 0 Å². The number of hydrogen-bond donors (Lipinski definition) is 2. The van der Waals surface area contributed by atoms with Gasteiger partial charge < -0.3 is 15.0 Å². The Bertz CT molecular complexity index is 1250. The van der Waals surface area contributed by atoms with E-state index in [1.54, 1.807) is 18.3 Å². The van der Waals surface area contributed by atoms with Gasteiger partial charge in [0.25, 0.3) is 5.91 Å². The highest BCUT2D eigenvalue weighted by molar-refractivity contribution is 7.18. The minimum Gasteiger partial charge on any atom is -0.452 e. The number of rotatable bonds is 5. The van der Waals surface area contributed by atoms with Gasteiger partial charge in [-0.1, -0.05) is 25.0 Å². The Kier molecular flexibility index (Phi) is 5.52. The van der Waals surface area contributed by atoms with E-state index in [-0.39, 0.29) is 17.8 Å². The van der Waals surface area contributed by atoms with Crippen LogP contribution < -0.4 is 5.32 Å². The van der Waals surface area contributed by atoms with E-state index < -0.39 is 12.0 Å². The fourth-order valence-electron chi connectivity index (χ4n) is 4.15. The van der Waals surface area contributed by atoms with Crippen LogP contribution in [0.25, 0.3) is 21.4 Å². The van der Waals surface area contributed by atoms with Crippen LogP contribution >= 0.6 is 11.3 Å². The lowest BCUT2D eigenvalue weighted by Crippen LogP contribution is -2.35. The summed E-state index contributed by atoms with van der Waals surface area (Å²) < 4.78 is 6.71. The maximum absolute atomic E-state index is 13.1. The standard InChI is InChI=1S/C22H22N6O3S/c1-12(20(29)28-19-17-18(24-10-23-17)25-11-26-19)31-22(30)14-7-3-2-6-13(14)21-27-15-8-4-5-9-16(15)32-21/h4-5,8-14H,2-3,6-7H2,1H3,(H2,23,24,25,26,28,29). The SMILES string of the molecule is CC(OC(=O)C1CCCCC1c1nc2ccccc2s1)C(=O)Nc1ncnc2nc[nH]c12. The Balaban J connectivity index is 1.29. The van der Waals surface area contributed by atoms with Crippen LogP contribution in [0.1, 0.15) is 43.5 Å². The Morgan fingerprint density at radius 2 is 2.03 bits per heavy atom. The number of amides is 1. The number of carbonyl (C=O) groups is 2. The first-order chi connectivity index (χ1) is 15.6. The highest BCUT2D eigenvalue weighted by Crippen LogP contribution is 2.41. The number of ether oxygens (including phenoxy) is 1. The minimum atomic E-state index is -0.964. The van der Waals surface area contributed by atoms with Gasteiger partial charge in [-0.25, -0.2) is 19.9 Å². The zero-order chi connectivity index (χ0) is 22.1. The molecule has 1 amide bonds. The van der Waals surface area contributed by atoms with Gasteiger partial charge in [-0.3, -0.25) is 9.59 Å². The molecule has 0 saturated heterocycles. The number of fused-ring (bicyclic) bond motifs is 2. The number of thiazole rings is 1. The number of anilines is 1. The first-order valence-corrected chi connectivity index (χ1v) is 11.4. The van der Waals surface area contributed by atoms with Gasteiger partial charge in [-0.15, -0.1) is 11.3 Å². The van der Waals surface area contributed by atoms with Crippen molar-refractivity contribution >= 4 is 50.4 Å². The average Bonchev–Trinajstić information content (AvgIpc) is 3.46. The first kappa shape index (κ1) is 20.5. The number of H-pyrrole nitrogens is 1. The predicted molar refractivity (Wildman–Crippen MR) is 120 cm³/mol. The summed E-state index contributed by atoms with van der Waals surface area (Å²) in [6.45, 7) is 1.56. The van der Waals surface area contributed by atoms with Crippen molar-refractivity contribution in [1.29, 1.82) is 0 Å². The largest absolute Gasteiger partial charge is 0.452 e. The predicted octanol–water partition coefficient (Wildman–Crippen LogP) is 3.81. The van der Waals surface area contributed by atoms with E-state index in [1.807, 2.05) is 24.3 Å². The molecule has 9 nitrogen and oxygen atoms in total. The molecule has 0 aliphatic heterocycles. The van der Waals surface area contributed by atoms with Gasteiger partial charge in [0.2, 0.25) is 0 Å². The molecule has 2 N–H and O–H groups in total. The van der Waals surface area contributed by atoms with Crippen LogP contribution in [-0.4, -0.2) is 42.9 Å². The second kappa shape index (κ2) is 8.62. The molecule has 1 aliphatic carbocycles. The fourth-order valence-corrected chi connectivity index (χ4v) is 5.32. The number of hydrogen-bond acceptors (Lipinski definition) is 8. The lowest BCUT2D eigenvalue weighted by molar-refractivity contribution is -0.159. The van der Waals surface area contributed by atoms with E-state index in [9.17, 15) is 9.59 Å². The topological polar surface area (TPSA) is 123 Å². The van der Waals surface area contributed by atoms with E-state index >= 15 is 0 Å². The number of carbonyl (C=O) groups excluding carboxylic acids is 2. The second-order valence-corrected chi connectivity index (χ2v) is 8.97. The van der Waals surface area contributed by atoms with Gasteiger partial charge in [0.1, 0.15) is 11.8 Å². The molecule has 1 fully saturated rings. The quantitative estimate of drug-likeness (QED) is 0.443. The zero-order valence-electron chi connectivity index (χ0n) is 17.4. The number of nitrogens with one attached hydrogen (secondary N) is 2. The van der Waals surface area contributed by atoms with Crippen molar-refractivity contribution in [2.24, 2.45) is 5.92 Å². The maximum Gasteiger partial charge on any atom is 0.310 e. The number of benzene rings is 1. The lowest BCUT2D eigenvalue weighted by Gasteiger charge is -2.29. The van der Waals surface area contributed by atoms with Crippen LogP contribution in [-0.2, 0) is 14.3 Å². The van der Waals surface area contributed by atoms with Crippen molar-refractivity contribution < 1.29 is 14.3 Å². The third kappa shape index (κ3) is 3.93. The second-order valence-electron chi connectivity index (χ2n) is 7.91. The number of para-hydroxylation sites is 1. The molecule has 0 bridgehead atoms. The van der Waals surface area contributed by atoms with Crippen molar-refractivity contribution in [2.45, 2.75) is 44.6 Å². The van der Waals surface area contributed by atoms with Gasteiger partial charge >= 0.3 is 5.97 Å². The molecule has 3 heterocycles. The van der Waals surface area contributed by atoms with E-state index in [4.69, 9.17) is 9.72 Å². The maximum atomic E-state index is 13.1. The Labute approximate surface area is 187 Å². The molecule has 0 radical (unpaired) electrons. The number of imidazole rings is 1. The molecule has 1 saturated carbocycles. The van der Waals surface area contributed by atoms with E-state index in [2.05, 4.69) is 25.3 Å². The van der Waals surface area contributed by atoms with Crippen LogP contribution in [0.3, 0.4) is 0 Å². The summed E-state index contributed by atoms with van der Waals surface area (Å²) in [6.07, 6.45) is 5.46. The molecule has 1 aromatic carbocycles. The summed E-state index contributed by atoms with van der Waals surface area (Å²) >= 11 is 1.63. The highest BCUT2D eigenvalue weighted by atomic mass is 32.1. The van der Waals surface area contributed by atoms with Crippen LogP contribution in [0.4, 0.5) is 5.82 Å². The lowest BCUT2D eigenvalue weighted by atomic mass is 9.79. The summed E-state index contributed by atoms with van der Waals surface area (Å²) in [4.78, 5) is 45.6. The molecule has 0 spiro atoms. The van der Waals surface area contributed by atoms with Crippen LogP contribution in [0.2, 0.25) is 0 Å². The molecule has 5 rings (SSSR count). The molecule has 4 aromatic rings. The molecule has 3 unspecified atom stereocenters. The molecule has 3 atom stereocenters. The first-order valence-electron chi connectivity index (χ1n) is 10.6. The Hall–Kier alpha value is -3.40. The van der Waals surface area contributed by atoms with Gasteiger partial charge in [0, 0.05) is 5.92 Å². The molecule has 164 valence electrons. The summed E-state index contributed by atoms with van der Waals surface area (Å²) in [7, 11) is 0. The molecule has 3 aromatic heterocycles. The van der Waals surface area contributed by atoms with Gasteiger partial charge in [0.05, 0.1) is 27.5 Å². The monoisotopic (exact) mass is 450 g/mol. The molecular formula is C22H22N6O3S. The average molecular weight is 451 g/mol. The summed E-state index contributed by atoms with van der Waals surface area (Å²) in [5.74, 6) is -0.815. The Morgan fingerprint density at radius 1 is 1.19 bits per heavy atom. The third-order valence-electron chi connectivity index (χ3n) is 5.82. The van der Waals surface area contributed by atoms with E-state index in [0.717, 1.165) is 40.9 Å². The van der Waals surface area contributed by atoms with Crippen molar-refractivity contribution in [3.8, 4) is 0 Å². The highest BCUT2D eigenvalue weighted by Gasteiger charge is 2.36. The van der Waals surface area contributed by atoms with E-state index in [1.165, 1.54) is 12.7 Å². The van der Waals surface area contributed by atoms with Crippen LogP contribution in [0.15, 0.2) is 36.9 Å². The van der Waals surface area contributed by atoms with Crippen molar-refractivity contribution in [3.05, 3.63) is 41.9 Å². The molecule has 10 heteroatoms. The van der Waals surface area contributed by atoms with Crippen molar-refractivity contribution in [2.75, 3.05) is 5.32 Å². The molecule has 32 heavy (non-hydrogen) atoms. The van der Waals surface area contributed by atoms with Crippen LogP contribution in [0.5, 0.6) is 0 Å². The van der Waals surface area contributed by atoms with Crippen molar-refractivity contribution in [1.82, 2.24) is 24.9 Å². The minimum absolute atomic E-state index is 0.00962. The van der Waals surface area contributed by atoms with Gasteiger partial charge in [-0.05, 0) is 31.9 Å². The van der Waals surface area contributed by atoms with Crippen molar-refractivity contribution in [3.63, 3.8) is 0 Å². The smallest absolute Gasteiger partial charge is 0.310 e. The zero-order valence-corrected chi connectivity index (χ0v) is 18.3. The number of aromatic nitrogens is 5.